The van der Waals surface area contributed by atoms with Gasteiger partial charge < -0.3 is 10.2 Å². The average Bonchev–Trinajstić information content (AvgIpc) is 1.61. The van der Waals surface area contributed by atoms with Crippen molar-refractivity contribution in [3.63, 3.8) is 0 Å². The maximum absolute atomic E-state index is 8.09. The second-order valence-corrected chi connectivity index (χ2v) is 1.15. The van der Waals surface area contributed by atoms with Crippen LogP contribution in [0, 0.1) is 44.1 Å². The van der Waals surface area contributed by atoms with Crippen molar-refractivity contribution >= 4 is 0 Å². The fraction of sp³-hybridized carbons (Fsp3) is 1.00. The molecule has 0 saturated heterocycles. The van der Waals surface area contributed by atoms with Gasteiger partial charge in [0.2, 0.25) is 0 Å². The summed E-state index contributed by atoms with van der Waals surface area (Å²) in [5.41, 5.74) is 0. The van der Waals surface area contributed by atoms with E-state index in [0.717, 1.165) is 12.8 Å². The number of hydrogen-bond donors (Lipinski definition) is 2. The van der Waals surface area contributed by atoms with E-state index in [4.69, 9.17) is 10.2 Å². The van der Waals surface area contributed by atoms with Crippen LogP contribution in [-0.2, 0) is 0 Å². The molecule has 3 heteroatoms. The Morgan fingerprint density at radius 1 is 0.857 bits per heavy atom. The predicted octanol–water partition coefficient (Wildman–Crippen LogP) is -0.249. The van der Waals surface area contributed by atoms with Gasteiger partial charge in [0.05, 0.1) is 0 Å². The zero-order valence-corrected chi connectivity index (χ0v) is 9.05. The zero-order valence-electron chi connectivity index (χ0n) is 4.30. The van der Waals surface area contributed by atoms with Crippen LogP contribution in [0.15, 0.2) is 0 Å². The summed E-state index contributed by atoms with van der Waals surface area (Å²) in [4.78, 5) is 0. The molecule has 0 fully saturated rings. The van der Waals surface area contributed by atoms with E-state index in [1.807, 2.05) is 0 Å². The summed E-state index contributed by atoms with van der Waals surface area (Å²) in [6.07, 6.45) is 1.44. The monoisotopic (exact) mass is 317 g/mol. The SMILES string of the molecule is OCCCCO.[Ac]. The van der Waals surface area contributed by atoms with Crippen molar-refractivity contribution in [3.05, 3.63) is 0 Å². The summed E-state index contributed by atoms with van der Waals surface area (Å²) in [5.74, 6) is 0. The number of aliphatic hydroxyl groups excluding tert-OH is 2. The molecule has 0 aliphatic carbocycles. The average molecular weight is 317 g/mol. The van der Waals surface area contributed by atoms with Gasteiger partial charge in [0.15, 0.2) is 0 Å². The normalized spacial score (nSPS) is 7.71. The molecular weight excluding hydrogens is 307 g/mol. The smallest absolute Gasteiger partial charge is 0.0431 e. The molecule has 0 unspecified atom stereocenters. The summed E-state index contributed by atoms with van der Waals surface area (Å²) in [5, 5.41) is 16.2. The summed E-state index contributed by atoms with van der Waals surface area (Å²) < 4.78 is 0. The minimum Gasteiger partial charge on any atom is -0.396 e. The third-order valence-corrected chi connectivity index (χ3v) is 0.566. The Bertz CT molecular complexity index is 21.7. The Morgan fingerprint density at radius 3 is 1.29 bits per heavy atom. The van der Waals surface area contributed by atoms with Crippen LogP contribution >= 0.6 is 0 Å². The minimum absolute atomic E-state index is 0. The van der Waals surface area contributed by atoms with Gasteiger partial charge >= 0.3 is 0 Å². The largest absolute Gasteiger partial charge is 0.396 e. The van der Waals surface area contributed by atoms with Gasteiger partial charge in [-0.05, 0) is 12.8 Å². The molecule has 0 aliphatic heterocycles. The van der Waals surface area contributed by atoms with E-state index in [0.29, 0.717) is 0 Å². The number of unbranched alkanes of at least 4 members (excludes halogenated alkanes) is 1. The molecule has 2 nitrogen and oxygen atoms in total. The topological polar surface area (TPSA) is 40.5 Å². The fourth-order valence-corrected chi connectivity index (χ4v) is 0.224. The molecule has 0 rings (SSSR count). The molecule has 0 spiro atoms. The first-order valence-electron chi connectivity index (χ1n) is 2.13. The van der Waals surface area contributed by atoms with Crippen LogP contribution in [0.4, 0.5) is 0 Å². The first kappa shape index (κ1) is 11.2. The van der Waals surface area contributed by atoms with Gasteiger partial charge in [-0.25, -0.2) is 0 Å². The molecule has 7 heavy (non-hydrogen) atoms. The van der Waals surface area contributed by atoms with Crippen LogP contribution in [-0.4, -0.2) is 23.4 Å². The van der Waals surface area contributed by atoms with E-state index in [2.05, 4.69) is 0 Å². The van der Waals surface area contributed by atoms with Crippen molar-refractivity contribution in [3.8, 4) is 0 Å². The van der Waals surface area contributed by atoms with E-state index in [9.17, 15) is 0 Å². The van der Waals surface area contributed by atoms with Gasteiger partial charge in [0.1, 0.15) is 0 Å². The molecule has 0 bridgehead atoms. The van der Waals surface area contributed by atoms with E-state index in [-0.39, 0.29) is 57.3 Å². The Kier molecular flexibility index (Phi) is 16.6. The van der Waals surface area contributed by atoms with Crippen molar-refractivity contribution < 1.29 is 54.3 Å². The third kappa shape index (κ3) is 11.1. The van der Waals surface area contributed by atoms with Gasteiger partial charge in [-0.15, -0.1) is 0 Å². The van der Waals surface area contributed by atoms with Crippen LogP contribution in [0.2, 0.25) is 0 Å². The molecule has 0 amide bonds. The number of hydrogen-bond acceptors (Lipinski definition) is 2. The molecule has 1 radical (unpaired) electrons. The second kappa shape index (κ2) is 10.4. The summed E-state index contributed by atoms with van der Waals surface area (Å²) in [6, 6.07) is 0. The van der Waals surface area contributed by atoms with Gasteiger partial charge in [-0.2, -0.15) is 0 Å². The van der Waals surface area contributed by atoms with Crippen molar-refractivity contribution in [2.75, 3.05) is 13.2 Å². The Balaban J connectivity index is 0. The van der Waals surface area contributed by atoms with Crippen molar-refractivity contribution in [2.45, 2.75) is 12.8 Å². The van der Waals surface area contributed by atoms with E-state index < -0.39 is 0 Å². The summed E-state index contributed by atoms with van der Waals surface area (Å²) in [7, 11) is 0. The Labute approximate surface area is 79.5 Å². The first-order chi connectivity index (χ1) is 2.91. The van der Waals surface area contributed by atoms with E-state index in [1.54, 1.807) is 0 Å². The van der Waals surface area contributed by atoms with Crippen LogP contribution in [0.25, 0.3) is 0 Å². The first-order valence-corrected chi connectivity index (χ1v) is 2.13. The molecule has 41 valence electrons. The van der Waals surface area contributed by atoms with Crippen LogP contribution in [0.1, 0.15) is 12.8 Å². The molecule has 0 aromatic carbocycles. The summed E-state index contributed by atoms with van der Waals surface area (Å²) >= 11 is 0. The molecule has 0 aromatic rings. The van der Waals surface area contributed by atoms with Crippen molar-refractivity contribution in [1.82, 2.24) is 0 Å². The maximum atomic E-state index is 8.09. The molecule has 2 N–H and O–H groups in total. The van der Waals surface area contributed by atoms with Crippen LogP contribution < -0.4 is 0 Å². The summed E-state index contributed by atoms with van der Waals surface area (Å²) in [6.45, 7) is 0.390. The zero-order chi connectivity index (χ0) is 4.83. The van der Waals surface area contributed by atoms with Gasteiger partial charge in [-0.3, -0.25) is 0 Å². The third-order valence-electron chi connectivity index (χ3n) is 0.566. The van der Waals surface area contributed by atoms with Crippen LogP contribution in [0.3, 0.4) is 0 Å². The van der Waals surface area contributed by atoms with Gasteiger partial charge in [0, 0.05) is 57.3 Å². The molecular formula is C4H10AcO2. The van der Waals surface area contributed by atoms with Gasteiger partial charge in [0.25, 0.3) is 0 Å². The number of rotatable bonds is 3. The fourth-order valence-electron chi connectivity index (χ4n) is 0.224. The van der Waals surface area contributed by atoms with Crippen molar-refractivity contribution in [2.24, 2.45) is 0 Å². The Hall–Kier alpha value is 1.36. The standard InChI is InChI=1S/C4H10O2.Ac/c5-3-1-2-4-6;/h5-6H,1-4H2;. The van der Waals surface area contributed by atoms with E-state index in [1.165, 1.54) is 0 Å². The molecule has 0 heterocycles. The quantitative estimate of drug-likeness (QED) is 0.705. The second-order valence-electron chi connectivity index (χ2n) is 1.15. The number of aliphatic hydroxyl groups is 2. The predicted molar refractivity (Wildman–Crippen MR) is 23.4 cm³/mol. The maximum Gasteiger partial charge on any atom is 0.0431 e. The van der Waals surface area contributed by atoms with Crippen molar-refractivity contribution in [1.29, 1.82) is 0 Å². The molecule has 0 aliphatic rings. The minimum atomic E-state index is 0. The molecule has 0 saturated carbocycles. The Morgan fingerprint density at radius 2 is 1.14 bits per heavy atom. The van der Waals surface area contributed by atoms with Gasteiger partial charge in [-0.1, -0.05) is 0 Å². The van der Waals surface area contributed by atoms with Crippen LogP contribution in [0.5, 0.6) is 0 Å². The molecule has 0 aromatic heterocycles. The van der Waals surface area contributed by atoms with E-state index >= 15 is 0 Å². The molecule has 0 atom stereocenters.